The highest BCUT2D eigenvalue weighted by Crippen LogP contribution is 2.17. The molecule has 8 nitrogen and oxygen atoms in total. The van der Waals surface area contributed by atoms with Crippen LogP contribution in [0.2, 0.25) is 0 Å². The Labute approximate surface area is 202 Å². The van der Waals surface area contributed by atoms with Crippen LogP contribution in [0, 0.1) is 0 Å². The molecule has 1 heterocycles. The summed E-state index contributed by atoms with van der Waals surface area (Å²) in [4.78, 5) is 30.7. The van der Waals surface area contributed by atoms with Crippen LogP contribution in [0.4, 0.5) is 5.69 Å². The number of likely N-dealkylation sites (tertiary alicyclic amines) is 1. The molecule has 31 heavy (non-hydrogen) atoms. The van der Waals surface area contributed by atoms with E-state index in [0.29, 0.717) is 5.96 Å². The number of anilines is 1. The molecular weight excluding hydrogens is 509 g/mol. The maximum Gasteiger partial charge on any atom is 0.242 e. The molecule has 0 unspecified atom stereocenters. The molecule has 2 rings (SSSR count). The molecule has 1 aliphatic rings. The highest BCUT2D eigenvalue weighted by molar-refractivity contribution is 14.0. The monoisotopic (exact) mass is 545 g/mol. The SMILES string of the molecule is CC(C)Oc1ccc(NC(=NCC(=O)NC(C)(C)C)NCC(=O)N2CCCC2)cc1.I. The van der Waals surface area contributed by atoms with Crippen LogP contribution in [0.15, 0.2) is 29.3 Å². The fourth-order valence-electron chi connectivity index (χ4n) is 3.01. The van der Waals surface area contributed by atoms with Crippen LogP contribution in [0.3, 0.4) is 0 Å². The van der Waals surface area contributed by atoms with Gasteiger partial charge < -0.3 is 25.6 Å². The first-order chi connectivity index (χ1) is 14.1. The fourth-order valence-corrected chi connectivity index (χ4v) is 3.01. The Morgan fingerprint density at radius 3 is 2.29 bits per heavy atom. The van der Waals surface area contributed by atoms with Crippen molar-refractivity contribution in [1.29, 1.82) is 0 Å². The minimum atomic E-state index is -0.328. The Morgan fingerprint density at radius 2 is 1.74 bits per heavy atom. The lowest BCUT2D eigenvalue weighted by Crippen LogP contribution is -2.43. The summed E-state index contributed by atoms with van der Waals surface area (Å²) in [6.45, 7) is 11.4. The molecule has 0 bridgehead atoms. The summed E-state index contributed by atoms with van der Waals surface area (Å²) in [5, 5.41) is 9.08. The summed E-state index contributed by atoms with van der Waals surface area (Å²) in [5.41, 5.74) is 0.452. The molecule has 0 aliphatic carbocycles. The number of ether oxygens (including phenoxy) is 1. The molecule has 1 aromatic rings. The molecule has 0 saturated carbocycles. The molecule has 0 aromatic heterocycles. The third-order valence-corrected chi connectivity index (χ3v) is 4.25. The van der Waals surface area contributed by atoms with E-state index < -0.39 is 0 Å². The maximum atomic E-state index is 12.4. The third kappa shape index (κ3) is 10.7. The number of hydrogen-bond acceptors (Lipinski definition) is 4. The number of nitrogens with zero attached hydrogens (tertiary/aromatic N) is 2. The quantitative estimate of drug-likeness (QED) is 0.278. The van der Waals surface area contributed by atoms with E-state index in [-0.39, 0.29) is 60.5 Å². The van der Waals surface area contributed by atoms with E-state index in [1.54, 1.807) is 0 Å². The van der Waals surface area contributed by atoms with Gasteiger partial charge in [0.2, 0.25) is 11.8 Å². The zero-order chi connectivity index (χ0) is 22.1. The second kappa shape index (κ2) is 12.7. The summed E-state index contributed by atoms with van der Waals surface area (Å²) in [7, 11) is 0. The Bertz CT molecular complexity index is 739. The average molecular weight is 545 g/mol. The van der Waals surface area contributed by atoms with Gasteiger partial charge in [0.05, 0.1) is 12.6 Å². The van der Waals surface area contributed by atoms with Crippen molar-refractivity contribution in [1.82, 2.24) is 15.5 Å². The van der Waals surface area contributed by atoms with Gasteiger partial charge in [-0.1, -0.05) is 0 Å². The molecule has 0 spiro atoms. The molecule has 1 aromatic carbocycles. The van der Waals surface area contributed by atoms with Gasteiger partial charge in [-0.05, 0) is 71.7 Å². The second-order valence-electron chi connectivity index (χ2n) is 8.72. The van der Waals surface area contributed by atoms with Gasteiger partial charge in [0.15, 0.2) is 5.96 Å². The minimum absolute atomic E-state index is 0. The molecule has 0 atom stereocenters. The van der Waals surface area contributed by atoms with Gasteiger partial charge in [-0.25, -0.2) is 4.99 Å². The van der Waals surface area contributed by atoms with Crippen molar-refractivity contribution in [3.05, 3.63) is 24.3 Å². The molecule has 1 aliphatic heterocycles. The lowest BCUT2D eigenvalue weighted by molar-refractivity contribution is -0.128. The first-order valence-corrected chi connectivity index (χ1v) is 10.5. The molecule has 9 heteroatoms. The largest absolute Gasteiger partial charge is 0.491 e. The van der Waals surface area contributed by atoms with Crippen LogP contribution in [0.1, 0.15) is 47.5 Å². The van der Waals surface area contributed by atoms with Crippen molar-refractivity contribution in [2.45, 2.75) is 59.1 Å². The van der Waals surface area contributed by atoms with Crippen LogP contribution < -0.4 is 20.7 Å². The van der Waals surface area contributed by atoms with Crippen LogP contribution >= 0.6 is 24.0 Å². The van der Waals surface area contributed by atoms with Crippen LogP contribution in [0.25, 0.3) is 0 Å². The molecule has 1 saturated heterocycles. The molecule has 1 fully saturated rings. The average Bonchev–Trinajstić information content (AvgIpc) is 3.18. The normalized spacial score (nSPS) is 14.1. The van der Waals surface area contributed by atoms with Gasteiger partial charge in [-0.3, -0.25) is 9.59 Å². The third-order valence-electron chi connectivity index (χ3n) is 4.25. The first kappa shape index (κ1) is 27.0. The van der Waals surface area contributed by atoms with Crippen LogP contribution in [-0.2, 0) is 9.59 Å². The first-order valence-electron chi connectivity index (χ1n) is 10.5. The Hall–Kier alpha value is -2.04. The van der Waals surface area contributed by atoms with Crippen molar-refractivity contribution < 1.29 is 14.3 Å². The number of aliphatic imine (C=N–C) groups is 1. The number of rotatable bonds is 7. The fraction of sp³-hybridized carbons (Fsp3) is 0.591. The topological polar surface area (TPSA) is 95.1 Å². The Kier molecular flexibility index (Phi) is 11.1. The number of hydrogen-bond donors (Lipinski definition) is 3. The molecule has 0 radical (unpaired) electrons. The number of benzene rings is 1. The molecule has 2 amide bonds. The van der Waals surface area contributed by atoms with Gasteiger partial charge in [-0.15, -0.1) is 24.0 Å². The maximum absolute atomic E-state index is 12.4. The summed E-state index contributed by atoms with van der Waals surface area (Å²) in [5.74, 6) is 0.997. The van der Waals surface area contributed by atoms with Gasteiger partial charge in [-0.2, -0.15) is 0 Å². The lowest BCUT2D eigenvalue weighted by Gasteiger charge is -2.20. The van der Waals surface area contributed by atoms with Gasteiger partial charge in [0, 0.05) is 24.3 Å². The zero-order valence-electron chi connectivity index (χ0n) is 19.2. The van der Waals surface area contributed by atoms with Gasteiger partial charge in [0.25, 0.3) is 0 Å². The highest BCUT2D eigenvalue weighted by atomic mass is 127. The van der Waals surface area contributed by atoms with Crippen LogP contribution in [-0.4, -0.2) is 60.5 Å². The lowest BCUT2D eigenvalue weighted by atomic mass is 10.1. The summed E-state index contributed by atoms with van der Waals surface area (Å²) >= 11 is 0. The van der Waals surface area contributed by atoms with Crippen LogP contribution in [0.5, 0.6) is 5.75 Å². The predicted molar refractivity (Wildman–Crippen MR) is 135 cm³/mol. The molecule has 3 N–H and O–H groups in total. The van der Waals surface area contributed by atoms with Gasteiger partial charge in [0.1, 0.15) is 12.3 Å². The number of guanidine groups is 1. The van der Waals surface area contributed by atoms with E-state index in [2.05, 4.69) is 20.9 Å². The predicted octanol–water partition coefficient (Wildman–Crippen LogP) is 2.99. The number of nitrogens with one attached hydrogen (secondary N) is 3. The number of halogens is 1. The van der Waals surface area contributed by atoms with E-state index in [1.165, 1.54) is 0 Å². The number of carbonyl (C=O) groups is 2. The standard InChI is InChI=1S/C22H35N5O3.HI/c1-16(2)30-18-10-8-17(9-11-18)25-21(23-14-19(28)26-22(3,4)5)24-15-20(29)27-12-6-7-13-27;/h8-11,16H,6-7,12-15H2,1-5H3,(H,26,28)(H2,23,24,25);1H. The zero-order valence-corrected chi connectivity index (χ0v) is 21.5. The smallest absolute Gasteiger partial charge is 0.242 e. The van der Waals surface area contributed by atoms with Crippen molar-refractivity contribution in [3.8, 4) is 5.75 Å². The van der Waals surface area contributed by atoms with Gasteiger partial charge >= 0.3 is 0 Å². The van der Waals surface area contributed by atoms with E-state index in [0.717, 1.165) is 37.4 Å². The Balaban J connectivity index is 0.00000480. The number of amides is 2. The van der Waals surface area contributed by atoms with E-state index in [9.17, 15) is 9.59 Å². The molecule has 174 valence electrons. The molecular formula is C22H36IN5O3. The highest BCUT2D eigenvalue weighted by Gasteiger charge is 2.18. The van der Waals surface area contributed by atoms with Crippen molar-refractivity contribution in [3.63, 3.8) is 0 Å². The van der Waals surface area contributed by atoms with E-state index in [4.69, 9.17) is 4.74 Å². The van der Waals surface area contributed by atoms with Crippen molar-refractivity contribution in [2.24, 2.45) is 4.99 Å². The second-order valence-corrected chi connectivity index (χ2v) is 8.72. The Morgan fingerprint density at radius 1 is 1.13 bits per heavy atom. The summed E-state index contributed by atoms with van der Waals surface area (Å²) in [6, 6.07) is 7.46. The van der Waals surface area contributed by atoms with E-state index >= 15 is 0 Å². The van der Waals surface area contributed by atoms with E-state index in [1.807, 2.05) is 63.8 Å². The summed E-state index contributed by atoms with van der Waals surface area (Å²) < 4.78 is 5.66. The van der Waals surface area contributed by atoms with Crippen molar-refractivity contribution in [2.75, 3.05) is 31.5 Å². The number of carbonyl (C=O) groups excluding carboxylic acids is 2. The van der Waals surface area contributed by atoms with Crippen molar-refractivity contribution >= 4 is 47.4 Å². The minimum Gasteiger partial charge on any atom is -0.491 e. The summed E-state index contributed by atoms with van der Waals surface area (Å²) in [6.07, 6.45) is 2.19.